The van der Waals surface area contributed by atoms with E-state index in [1.165, 1.54) is 0 Å². The Morgan fingerprint density at radius 3 is 2.22 bits per heavy atom. The predicted octanol–water partition coefficient (Wildman–Crippen LogP) is -0.546. The highest BCUT2D eigenvalue weighted by Gasteiger charge is 2.74. The first kappa shape index (κ1) is 19.9. The van der Waals surface area contributed by atoms with Crippen LogP contribution >= 0.6 is 0 Å². The SMILES string of the molecule is CC(=O)OC1C2OS(=O)(=O)C3C2OC1C3C(=O)OC(C)(C)C(F)(F)C(=O)O. The maximum atomic E-state index is 13.8. The summed E-state index contributed by atoms with van der Waals surface area (Å²) in [4.78, 5) is 34.6. The average Bonchev–Trinajstić information content (AvgIpc) is 3.08. The number of carbonyl (C=O) groups excluding carboxylic acids is 2. The number of carboxylic acid groups (broad SMARTS) is 1. The molecule has 0 spiro atoms. The molecule has 13 heteroatoms. The van der Waals surface area contributed by atoms with Crippen LogP contribution in [0.4, 0.5) is 8.78 Å². The lowest BCUT2D eigenvalue weighted by atomic mass is 9.84. The van der Waals surface area contributed by atoms with Crippen molar-refractivity contribution >= 4 is 28.0 Å². The summed E-state index contributed by atoms with van der Waals surface area (Å²) in [6.45, 7) is 2.41. The van der Waals surface area contributed by atoms with E-state index >= 15 is 0 Å². The first-order chi connectivity index (χ1) is 12.2. The van der Waals surface area contributed by atoms with Gasteiger partial charge < -0.3 is 19.3 Å². The number of carbonyl (C=O) groups is 3. The molecular formula is C14H16F2O10S. The number of halogens is 2. The van der Waals surface area contributed by atoms with Crippen molar-refractivity contribution in [1.29, 1.82) is 0 Å². The Morgan fingerprint density at radius 1 is 1.11 bits per heavy atom. The highest BCUT2D eigenvalue weighted by Crippen LogP contribution is 2.52. The quantitative estimate of drug-likeness (QED) is 0.460. The molecule has 6 unspecified atom stereocenters. The van der Waals surface area contributed by atoms with Crippen LogP contribution in [0.1, 0.15) is 20.8 Å². The number of esters is 2. The summed E-state index contributed by atoms with van der Waals surface area (Å²) in [7, 11) is -4.32. The van der Waals surface area contributed by atoms with Gasteiger partial charge in [-0.2, -0.15) is 17.2 Å². The third-order valence-electron chi connectivity index (χ3n) is 4.85. The minimum absolute atomic E-state index is 0.680. The predicted molar refractivity (Wildman–Crippen MR) is 78.0 cm³/mol. The Bertz CT molecular complexity index is 807. The average molecular weight is 414 g/mol. The summed E-state index contributed by atoms with van der Waals surface area (Å²) < 4.78 is 72.0. The number of carboxylic acids is 1. The molecule has 3 aliphatic heterocycles. The zero-order valence-corrected chi connectivity index (χ0v) is 15.1. The van der Waals surface area contributed by atoms with Gasteiger partial charge in [0.2, 0.25) is 0 Å². The molecule has 3 heterocycles. The van der Waals surface area contributed by atoms with Gasteiger partial charge in [0.1, 0.15) is 29.5 Å². The van der Waals surface area contributed by atoms with E-state index in [1.807, 2.05) is 0 Å². The lowest BCUT2D eigenvalue weighted by Gasteiger charge is -2.33. The van der Waals surface area contributed by atoms with E-state index in [0.717, 1.165) is 6.92 Å². The molecule has 27 heavy (non-hydrogen) atoms. The van der Waals surface area contributed by atoms with Crippen LogP contribution < -0.4 is 0 Å². The first-order valence-electron chi connectivity index (χ1n) is 7.79. The standard InChI is InChI=1S/C14H16F2O10S/c1-4(17)23-7-6-5(10-9(24-6)8(7)26-27(10,21)22)11(18)25-13(2,3)14(15,16)12(19)20/h5-10H,1-3H3,(H,19,20). The van der Waals surface area contributed by atoms with Gasteiger partial charge in [0, 0.05) is 6.92 Å². The lowest BCUT2D eigenvalue weighted by molar-refractivity contribution is -0.217. The molecule has 3 fully saturated rings. The molecule has 0 aromatic rings. The van der Waals surface area contributed by atoms with Crippen molar-refractivity contribution in [2.75, 3.05) is 0 Å². The van der Waals surface area contributed by atoms with E-state index in [4.69, 9.17) is 18.8 Å². The molecule has 0 aromatic heterocycles. The Hall–Kier alpha value is -1.86. The fraction of sp³-hybridized carbons (Fsp3) is 0.786. The van der Waals surface area contributed by atoms with Crippen LogP contribution in [-0.4, -0.2) is 72.6 Å². The molecule has 2 bridgehead atoms. The minimum Gasteiger partial charge on any atom is -0.477 e. The third kappa shape index (κ3) is 2.79. The Labute approximate surface area is 151 Å². The van der Waals surface area contributed by atoms with Crippen molar-refractivity contribution in [3.8, 4) is 0 Å². The number of fused-ring (bicyclic) bond motifs is 1. The summed E-state index contributed by atoms with van der Waals surface area (Å²) in [6, 6.07) is 0. The largest absolute Gasteiger partial charge is 0.477 e. The summed E-state index contributed by atoms with van der Waals surface area (Å²) in [5.74, 6) is -10.8. The van der Waals surface area contributed by atoms with Crippen molar-refractivity contribution in [3.63, 3.8) is 0 Å². The Balaban J connectivity index is 1.91. The molecule has 0 aromatic carbocycles. The molecule has 1 N–H and O–H groups in total. The molecule has 0 amide bonds. The minimum atomic E-state index is -4.44. The highest BCUT2D eigenvalue weighted by atomic mass is 32.2. The molecular weight excluding hydrogens is 398 g/mol. The molecule has 152 valence electrons. The lowest BCUT2D eigenvalue weighted by Crippen LogP contribution is -2.55. The number of hydrogen-bond donors (Lipinski definition) is 1. The zero-order valence-electron chi connectivity index (χ0n) is 14.2. The van der Waals surface area contributed by atoms with Gasteiger partial charge in [0.05, 0.1) is 0 Å². The molecule has 3 rings (SSSR count). The normalized spacial score (nSPS) is 36.5. The monoisotopic (exact) mass is 414 g/mol. The van der Waals surface area contributed by atoms with Gasteiger partial charge in [0.25, 0.3) is 10.1 Å². The van der Waals surface area contributed by atoms with Gasteiger partial charge in [-0.3, -0.25) is 13.8 Å². The van der Waals surface area contributed by atoms with Crippen LogP contribution in [0.5, 0.6) is 0 Å². The number of hydrogen-bond acceptors (Lipinski definition) is 9. The second-order valence-corrected chi connectivity index (χ2v) is 8.72. The molecule has 0 aliphatic carbocycles. The van der Waals surface area contributed by atoms with Crippen molar-refractivity contribution in [2.45, 2.75) is 62.0 Å². The van der Waals surface area contributed by atoms with Crippen molar-refractivity contribution in [1.82, 2.24) is 0 Å². The van der Waals surface area contributed by atoms with E-state index < -0.39 is 75.1 Å². The molecule has 3 aliphatic rings. The van der Waals surface area contributed by atoms with Crippen LogP contribution in [-0.2, 0) is 42.9 Å². The number of aliphatic carboxylic acids is 1. The number of ether oxygens (including phenoxy) is 3. The van der Waals surface area contributed by atoms with Crippen molar-refractivity contribution in [3.05, 3.63) is 0 Å². The number of rotatable bonds is 5. The Kier molecular flexibility index (Phi) is 4.28. The maximum Gasteiger partial charge on any atom is 0.380 e. The molecule has 6 atom stereocenters. The second-order valence-electron chi connectivity index (χ2n) is 6.99. The topological polar surface area (TPSA) is 142 Å². The summed E-state index contributed by atoms with van der Waals surface area (Å²) >= 11 is 0. The van der Waals surface area contributed by atoms with Crippen LogP contribution in [0.3, 0.4) is 0 Å². The Morgan fingerprint density at radius 2 is 1.70 bits per heavy atom. The van der Waals surface area contributed by atoms with Crippen LogP contribution in [0, 0.1) is 5.92 Å². The fourth-order valence-corrected chi connectivity index (χ4v) is 5.39. The third-order valence-corrected chi connectivity index (χ3v) is 6.57. The second kappa shape index (κ2) is 5.82. The zero-order chi connectivity index (χ0) is 20.5. The fourth-order valence-electron chi connectivity index (χ4n) is 3.56. The van der Waals surface area contributed by atoms with Crippen molar-refractivity contribution in [2.24, 2.45) is 5.92 Å². The molecule has 0 radical (unpaired) electrons. The van der Waals surface area contributed by atoms with Gasteiger partial charge in [-0.05, 0) is 13.8 Å². The summed E-state index contributed by atoms with van der Waals surface area (Å²) in [5.41, 5.74) is -2.78. The van der Waals surface area contributed by atoms with Crippen LogP contribution in [0.15, 0.2) is 0 Å². The summed E-state index contributed by atoms with van der Waals surface area (Å²) in [6.07, 6.45) is -4.81. The first-order valence-corrected chi connectivity index (χ1v) is 9.26. The van der Waals surface area contributed by atoms with Gasteiger partial charge in [-0.1, -0.05) is 0 Å². The van der Waals surface area contributed by atoms with E-state index in [2.05, 4.69) is 4.74 Å². The van der Waals surface area contributed by atoms with E-state index in [0.29, 0.717) is 13.8 Å². The molecule has 10 nitrogen and oxygen atoms in total. The van der Waals surface area contributed by atoms with Crippen LogP contribution in [0.25, 0.3) is 0 Å². The molecule has 3 saturated heterocycles. The van der Waals surface area contributed by atoms with Crippen LogP contribution in [0.2, 0.25) is 0 Å². The van der Waals surface area contributed by atoms with Gasteiger partial charge >= 0.3 is 23.8 Å². The smallest absolute Gasteiger partial charge is 0.380 e. The maximum absolute atomic E-state index is 13.8. The number of alkyl halides is 2. The van der Waals surface area contributed by atoms with Gasteiger partial charge in [-0.15, -0.1) is 0 Å². The highest BCUT2D eigenvalue weighted by molar-refractivity contribution is 7.87. The van der Waals surface area contributed by atoms with Crippen molar-refractivity contribution < 1.29 is 55.1 Å². The summed E-state index contributed by atoms with van der Waals surface area (Å²) in [5, 5.41) is 7.12. The van der Waals surface area contributed by atoms with E-state index in [1.54, 1.807) is 0 Å². The van der Waals surface area contributed by atoms with E-state index in [9.17, 15) is 31.6 Å². The van der Waals surface area contributed by atoms with Gasteiger partial charge in [0.15, 0.2) is 11.7 Å². The molecule has 0 saturated carbocycles. The van der Waals surface area contributed by atoms with E-state index in [-0.39, 0.29) is 0 Å². The van der Waals surface area contributed by atoms with Gasteiger partial charge in [-0.25, -0.2) is 4.79 Å².